The molecule has 0 radical (unpaired) electrons. The number of ether oxygens (including phenoxy) is 1. The van der Waals surface area contributed by atoms with Gasteiger partial charge in [0.25, 0.3) is 5.91 Å². The van der Waals surface area contributed by atoms with E-state index >= 15 is 0 Å². The molecule has 1 aromatic carbocycles. The standard InChI is InChI=1S/C15H14ClIN2O2/c1-3-21-13-6-4-10(8-11(13)16)15(20)19-14-7-5-12(17)9(2)18-14/h4-8H,3H2,1-2H3,(H,18,19,20). The van der Waals surface area contributed by atoms with Gasteiger partial charge in [0.2, 0.25) is 0 Å². The molecular weight excluding hydrogens is 403 g/mol. The van der Waals surface area contributed by atoms with Gasteiger partial charge in [0.05, 0.1) is 17.3 Å². The van der Waals surface area contributed by atoms with E-state index in [1.807, 2.05) is 19.9 Å². The summed E-state index contributed by atoms with van der Waals surface area (Å²) in [6.07, 6.45) is 0. The number of aromatic nitrogens is 1. The van der Waals surface area contributed by atoms with E-state index in [4.69, 9.17) is 16.3 Å². The number of hydrogen-bond donors (Lipinski definition) is 1. The first-order chi connectivity index (χ1) is 10.0. The Bertz CT molecular complexity index is 677. The molecule has 0 aliphatic heterocycles. The summed E-state index contributed by atoms with van der Waals surface area (Å²) in [5.41, 5.74) is 1.33. The Morgan fingerprint density at radius 2 is 2.14 bits per heavy atom. The van der Waals surface area contributed by atoms with Gasteiger partial charge in [0, 0.05) is 9.13 Å². The van der Waals surface area contributed by atoms with Gasteiger partial charge in [-0.05, 0) is 66.8 Å². The van der Waals surface area contributed by atoms with E-state index in [0.717, 1.165) is 9.26 Å². The number of carbonyl (C=O) groups is 1. The molecular formula is C15H14ClIN2O2. The number of nitrogens with one attached hydrogen (secondary N) is 1. The fraction of sp³-hybridized carbons (Fsp3) is 0.200. The van der Waals surface area contributed by atoms with Crippen LogP contribution in [0.4, 0.5) is 5.82 Å². The number of amides is 1. The van der Waals surface area contributed by atoms with E-state index in [-0.39, 0.29) is 5.91 Å². The number of aryl methyl sites for hydroxylation is 1. The highest BCUT2D eigenvalue weighted by Crippen LogP contribution is 2.25. The number of pyridine rings is 1. The normalized spacial score (nSPS) is 10.3. The van der Waals surface area contributed by atoms with Crippen LogP contribution in [-0.4, -0.2) is 17.5 Å². The zero-order chi connectivity index (χ0) is 15.4. The van der Waals surface area contributed by atoms with Crippen molar-refractivity contribution in [3.8, 4) is 5.75 Å². The lowest BCUT2D eigenvalue weighted by atomic mass is 10.2. The van der Waals surface area contributed by atoms with Crippen LogP contribution in [0.5, 0.6) is 5.75 Å². The first-order valence-corrected chi connectivity index (χ1v) is 7.83. The number of halogens is 2. The number of benzene rings is 1. The molecule has 6 heteroatoms. The summed E-state index contributed by atoms with van der Waals surface area (Å²) in [4.78, 5) is 16.5. The first kappa shape index (κ1) is 16.0. The predicted octanol–water partition coefficient (Wildman–Crippen LogP) is 4.30. The lowest BCUT2D eigenvalue weighted by Crippen LogP contribution is -2.13. The lowest BCUT2D eigenvalue weighted by Gasteiger charge is -2.09. The second kappa shape index (κ2) is 7.09. The summed E-state index contributed by atoms with van der Waals surface area (Å²) in [6.45, 7) is 4.30. The van der Waals surface area contributed by atoms with Crippen LogP contribution in [-0.2, 0) is 0 Å². The average Bonchev–Trinajstić information content (AvgIpc) is 2.45. The topological polar surface area (TPSA) is 51.2 Å². The van der Waals surface area contributed by atoms with Crippen molar-refractivity contribution in [2.45, 2.75) is 13.8 Å². The summed E-state index contributed by atoms with van der Waals surface area (Å²) >= 11 is 8.27. The van der Waals surface area contributed by atoms with Crippen molar-refractivity contribution in [3.63, 3.8) is 0 Å². The summed E-state index contributed by atoms with van der Waals surface area (Å²) in [6, 6.07) is 8.62. The maximum atomic E-state index is 12.2. The van der Waals surface area contributed by atoms with Crippen molar-refractivity contribution in [2.24, 2.45) is 0 Å². The van der Waals surface area contributed by atoms with Gasteiger partial charge in [-0.1, -0.05) is 11.6 Å². The van der Waals surface area contributed by atoms with E-state index in [2.05, 4.69) is 32.9 Å². The Hall–Kier alpha value is -1.34. The Balaban J connectivity index is 2.16. The lowest BCUT2D eigenvalue weighted by molar-refractivity contribution is 0.102. The molecule has 2 rings (SSSR count). The molecule has 0 bridgehead atoms. The maximum absolute atomic E-state index is 12.2. The van der Waals surface area contributed by atoms with Crippen LogP contribution in [0.15, 0.2) is 30.3 Å². The van der Waals surface area contributed by atoms with Crippen LogP contribution in [0.3, 0.4) is 0 Å². The van der Waals surface area contributed by atoms with Gasteiger partial charge in [-0.2, -0.15) is 0 Å². The molecule has 110 valence electrons. The van der Waals surface area contributed by atoms with Gasteiger partial charge in [-0.3, -0.25) is 4.79 Å². The Kier molecular flexibility index (Phi) is 5.41. The van der Waals surface area contributed by atoms with E-state index in [9.17, 15) is 4.79 Å². The van der Waals surface area contributed by atoms with Gasteiger partial charge < -0.3 is 10.1 Å². The van der Waals surface area contributed by atoms with Crippen LogP contribution < -0.4 is 10.1 Å². The van der Waals surface area contributed by atoms with Crippen molar-refractivity contribution in [2.75, 3.05) is 11.9 Å². The number of anilines is 1. The minimum Gasteiger partial charge on any atom is -0.492 e. The number of hydrogen-bond acceptors (Lipinski definition) is 3. The van der Waals surface area contributed by atoms with Crippen molar-refractivity contribution in [1.29, 1.82) is 0 Å². The van der Waals surface area contributed by atoms with Crippen LogP contribution >= 0.6 is 34.2 Å². The van der Waals surface area contributed by atoms with Crippen molar-refractivity contribution in [1.82, 2.24) is 4.98 Å². The molecule has 1 amide bonds. The second-order valence-corrected chi connectivity index (χ2v) is 5.87. The fourth-order valence-electron chi connectivity index (χ4n) is 1.72. The molecule has 0 fully saturated rings. The largest absolute Gasteiger partial charge is 0.492 e. The maximum Gasteiger partial charge on any atom is 0.256 e. The SMILES string of the molecule is CCOc1ccc(C(=O)Nc2ccc(I)c(C)n2)cc1Cl. The van der Waals surface area contributed by atoms with E-state index in [0.29, 0.717) is 28.8 Å². The molecule has 0 unspecified atom stereocenters. The Morgan fingerprint density at radius 3 is 2.76 bits per heavy atom. The number of carbonyl (C=O) groups excluding carboxylic acids is 1. The highest BCUT2D eigenvalue weighted by atomic mass is 127. The molecule has 0 spiro atoms. The van der Waals surface area contributed by atoms with Crippen molar-refractivity contribution >= 4 is 45.9 Å². The Morgan fingerprint density at radius 1 is 1.38 bits per heavy atom. The molecule has 1 N–H and O–H groups in total. The highest BCUT2D eigenvalue weighted by molar-refractivity contribution is 14.1. The molecule has 1 heterocycles. The molecule has 4 nitrogen and oxygen atoms in total. The third-order valence-electron chi connectivity index (χ3n) is 2.76. The molecule has 2 aromatic rings. The van der Waals surface area contributed by atoms with E-state index < -0.39 is 0 Å². The van der Waals surface area contributed by atoms with Crippen molar-refractivity contribution in [3.05, 3.63) is 50.2 Å². The molecule has 1 aromatic heterocycles. The predicted molar refractivity (Wildman–Crippen MR) is 92.3 cm³/mol. The van der Waals surface area contributed by atoms with Gasteiger partial charge in [-0.25, -0.2) is 4.98 Å². The van der Waals surface area contributed by atoms with Crippen LogP contribution in [0.1, 0.15) is 23.0 Å². The van der Waals surface area contributed by atoms with Crippen LogP contribution in [0, 0.1) is 10.5 Å². The Labute approximate surface area is 142 Å². The summed E-state index contributed by atoms with van der Waals surface area (Å²) in [5.74, 6) is 0.829. The molecule has 0 aliphatic rings. The number of nitrogens with zero attached hydrogens (tertiary/aromatic N) is 1. The monoisotopic (exact) mass is 416 g/mol. The quantitative estimate of drug-likeness (QED) is 0.756. The van der Waals surface area contributed by atoms with Gasteiger partial charge in [0.15, 0.2) is 0 Å². The van der Waals surface area contributed by atoms with Crippen molar-refractivity contribution < 1.29 is 9.53 Å². The molecule has 0 saturated carbocycles. The zero-order valence-corrected chi connectivity index (χ0v) is 14.5. The third kappa shape index (κ3) is 4.07. The van der Waals surface area contributed by atoms with Gasteiger partial charge in [0.1, 0.15) is 11.6 Å². The first-order valence-electron chi connectivity index (χ1n) is 6.38. The summed E-state index contributed by atoms with van der Waals surface area (Å²) < 4.78 is 6.39. The summed E-state index contributed by atoms with van der Waals surface area (Å²) in [5, 5.41) is 3.17. The minimum atomic E-state index is -0.256. The zero-order valence-electron chi connectivity index (χ0n) is 11.6. The van der Waals surface area contributed by atoms with Crippen LogP contribution in [0.25, 0.3) is 0 Å². The molecule has 21 heavy (non-hydrogen) atoms. The smallest absolute Gasteiger partial charge is 0.256 e. The summed E-state index contributed by atoms with van der Waals surface area (Å²) in [7, 11) is 0. The van der Waals surface area contributed by atoms with Crippen LogP contribution in [0.2, 0.25) is 5.02 Å². The second-order valence-electron chi connectivity index (χ2n) is 4.30. The van der Waals surface area contributed by atoms with E-state index in [1.54, 1.807) is 24.3 Å². The molecule has 0 aliphatic carbocycles. The van der Waals surface area contributed by atoms with Gasteiger partial charge >= 0.3 is 0 Å². The minimum absolute atomic E-state index is 0.256. The molecule has 0 saturated heterocycles. The number of rotatable bonds is 4. The fourth-order valence-corrected chi connectivity index (χ4v) is 2.25. The van der Waals surface area contributed by atoms with Gasteiger partial charge in [-0.15, -0.1) is 0 Å². The third-order valence-corrected chi connectivity index (χ3v) is 4.19. The average molecular weight is 417 g/mol. The molecule has 0 atom stereocenters. The van der Waals surface area contributed by atoms with E-state index in [1.165, 1.54) is 0 Å². The highest BCUT2D eigenvalue weighted by Gasteiger charge is 2.10.